The summed E-state index contributed by atoms with van der Waals surface area (Å²) in [7, 11) is -1.56. The van der Waals surface area contributed by atoms with Gasteiger partial charge in [-0.1, -0.05) is 25.1 Å². The van der Waals surface area contributed by atoms with Crippen LogP contribution >= 0.6 is 35.7 Å². The molecule has 5 nitrogen and oxygen atoms in total. The third kappa shape index (κ3) is 6.60. The minimum absolute atomic E-state index is 0. The number of hydrogen-bond donors (Lipinski definition) is 1. The maximum Gasteiger partial charge on any atom is 0.193 e. The third-order valence-corrected chi connectivity index (χ3v) is 7.41. The summed E-state index contributed by atoms with van der Waals surface area (Å²) in [6.45, 7) is 8.29. The normalized spacial score (nSPS) is 18.8. The summed E-state index contributed by atoms with van der Waals surface area (Å²) in [6.07, 6.45) is 0.719. The number of nitrogens with zero attached hydrogens (tertiary/aromatic N) is 2. The zero-order valence-electron chi connectivity index (χ0n) is 15.9. The average molecular weight is 511 g/mol. The fourth-order valence-electron chi connectivity index (χ4n) is 2.93. The zero-order valence-corrected chi connectivity index (χ0v) is 19.9. The lowest BCUT2D eigenvalue weighted by molar-refractivity contribution is 0.370. The number of aliphatic imine (C=N–C) groups is 1. The number of sulfone groups is 1. The lowest BCUT2D eigenvalue weighted by Gasteiger charge is -2.40. The summed E-state index contributed by atoms with van der Waals surface area (Å²) >= 11 is 1.96. The summed E-state index contributed by atoms with van der Waals surface area (Å²) < 4.78 is 25.5. The van der Waals surface area contributed by atoms with E-state index in [1.165, 1.54) is 0 Å². The first kappa shape index (κ1) is 23.6. The van der Waals surface area contributed by atoms with E-state index in [0.717, 1.165) is 31.2 Å². The number of hydrogen-bond acceptors (Lipinski definition) is 4. The molecule has 0 bridgehead atoms. The van der Waals surface area contributed by atoms with E-state index in [9.17, 15) is 8.42 Å². The zero-order chi connectivity index (χ0) is 18.5. The third-order valence-electron chi connectivity index (χ3n) is 4.29. The van der Waals surface area contributed by atoms with Crippen molar-refractivity contribution >= 4 is 51.5 Å². The molecule has 0 radical (unpaired) electrons. The van der Waals surface area contributed by atoms with Gasteiger partial charge >= 0.3 is 0 Å². The molecule has 0 amide bonds. The van der Waals surface area contributed by atoms with Crippen molar-refractivity contribution < 1.29 is 8.42 Å². The van der Waals surface area contributed by atoms with Gasteiger partial charge < -0.3 is 10.2 Å². The Balaban J connectivity index is 0.00000338. The van der Waals surface area contributed by atoms with Gasteiger partial charge in [-0.25, -0.2) is 8.42 Å². The van der Waals surface area contributed by atoms with Gasteiger partial charge in [0, 0.05) is 36.7 Å². The van der Waals surface area contributed by atoms with E-state index in [-0.39, 0.29) is 40.5 Å². The van der Waals surface area contributed by atoms with Gasteiger partial charge in [-0.3, -0.25) is 4.99 Å². The molecule has 1 heterocycles. The van der Waals surface area contributed by atoms with E-state index in [4.69, 9.17) is 0 Å². The Hall–Kier alpha value is -0.480. The molecule has 2 rings (SSSR count). The first-order valence-corrected chi connectivity index (χ1v) is 11.3. The molecule has 8 heteroatoms. The lowest BCUT2D eigenvalue weighted by atomic mass is 10.2. The van der Waals surface area contributed by atoms with Gasteiger partial charge in [0.15, 0.2) is 15.8 Å². The van der Waals surface area contributed by atoms with Gasteiger partial charge in [0.05, 0.1) is 10.6 Å². The van der Waals surface area contributed by atoms with Crippen LogP contribution in [0, 0.1) is 0 Å². The highest BCUT2D eigenvalue weighted by molar-refractivity contribution is 14.0. The number of guanidine groups is 1. The van der Waals surface area contributed by atoms with Crippen LogP contribution in [0.2, 0.25) is 0 Å². The molecule has 0 aliphatic carbocycles. The molecule has 1 aliphatic heterocycles. The van der Waals surface area contributed by atoms with Crippen LogP contribution in [0.25, 0.3) is 0 Å². The Morgan fingerprint density at radius 2 is 2.00 bits per heavy atom. The van der Waals surface area contributed by atoms with Gasteiger partial charge in [0.1, 0.15) is 0 Å². The van der Waals surface area contributed by atoms with Crippen molar-refractivity contribution in [1.29, 1.82) is 0 Å². The van der Waals surface area contributed by atoms with Crippen LogP contribution in [0.5, 0.6) is 0 Å². The topological polar surface area (TPSA) is 61.8 Å². The smallest absolute Gasteiger partial charge is 0.193 e. The summed E-state index contributed by atoms with van der Waals surface area (Å²) in [5.74, 6) is 1.91. The second kappa shape index (κ2) is 10.2. The fraction of sp³-hybridized carbons (Fsp3) is 0.611. The van der Waals surface area contributed by atoms with Crippen molar-refractivity contribution in [3.8, 4) is 0 Å². The lowest BCUT2D eigenvalue weighted by Crippen LogP contribution is -2.54. The SMILES string of the molecule is CCC(CS(=O)(=O)c1ccccc1)NC(=NC)N1CCSC(C)(C)C1.I. The molecule has 1 aromatic carbocycles. The molecule has 0 spiro atoms. The van der Waals surface area contributed by atoms with Gasteiger partial charge in [-0.2, -0.15) is 11.8 Å². The molecule has 148 valence electrons. The summed E-state index contributed by atoms with van der Waals surface area (Å²) in [6, 6.07) is 8.48. The van der Waals surface area contributed by atoms with Crippen LogP contribution in [-0.2, 0) is 9.84 Å². The monoisotopic (exact) mass is 511 g/mol. The molecule has 1 unspecified atom stereocenters. The van der Waals surface area contributed by atoms with E-state index >= 15 is 0 Å². The summed E-state index contributed by atoms with van der Waals surface area (Å²) in [5.41, 5.74) is 0. The molecule has 1 aromatic rings. The Morgan fingerprint density at radius 1 is 1.35 bits per heavy atom. The van der Waals surface area contributed by atoms with Crippen LogP contribution in [0.4, 0.5) is 0 Å². The van der Waals surface area contributed by atoms with Crippen molar-refractivity contribution in [2.45, 2.75) is 42.9 Å². The number of halogens is 1. The predicted molar refractivity (Wildman–Crippen MR) is 123 cm³/mol. The van der Waals surface area contributed by atoms with Gasteiger partial charge in [-0.15, -0.1) is 24.0 Å². The predicted octanol–water partition coefficient (Wildman–Crippen LogP) is 3.26. The molecule has 1 aliphatic rings. The highest BCUT2D eigenvalue weighted by atomic mass is 127. The molecule has 0 aromatic heterocycles. The highest BCUT2D eigenvalue weighted by Gasteiger charge is 2.30. The quantitative estimate of drug-likeness (QED) is 0.374. The van der Waals surface area contributed by atoms with Gasteiger partial charge in [0.25, 0.3) is 0 Å². The van der Waals surface area contributed by atoms with Gasteiger partial charge in [-0.05, 0) is 32.4 Å². The molecule has 1 N–H and O–H groups in total. The molecular weight excluding hydrogens is 481 g/mol. The van der Waals surface area contributed by atoms with Crippen molar-refractivity contribution in [1.82, 2.24) is 10.2 Å². The van der Waals surface area contributed by atoms with Crippen molar-refractivity contribution in [2.75, 3.05) is 31.6 Å². The molecular formula is C18H30IN3O2S2. The van der Waals surface area contributed by atoms with E-state index in [1.807, 2.05) is 24.8 Å². The fourth-order valence-corrected chi connectivity index (χ4v) is 5.65. The maximum atomic E-state index is 12.7. The van der Waals surface area contributed by atoms with Crippen LogP contribution in [0.1, 0.15) is 27.2 Å². The molecule has 1 saturated heterocycles. The van der Waals surface area contributed by atoms with Crippen molar-refractivity contribution in [3.63, 3.8) is 0 Å². The van der Waals surface area contributed by atoms with Crippen molar-refractivity contribution in [2.24, 2.45) is 4.99 Å². The Labute approximate surface area is 179 Å². The van der Waals surface area contributed by atoms with E-state index in [1.54, 1.807) is 31.3 Å². The Morgan fingerprint density at radius 3 is 2.54 bits per heavy atom. The molecule has 26 heavy (non-hydrogen) atoms. The first-order valence-electron chi connectivity index (χ1n) is 8.67. The minimum atomic E-state index is -3.32. The average Bonchev–Trinajstić information content (AvgIpc) is 2.58. The highest BCUT2D eigenvalue weighted by Crippen LogP contribution is 2.29. The van der Waals surface area contributed by atoms with Crippen LogP contribution in [0.15, 0.2) is 40.2 Å². The Kier molecular flexibility index (Phi) is 9.22. The van der Waals surface area contributed by atoms with E-state index in [2.05, 4.69) is 29.1 Å². The summed E-state index contributed by atoms with van der Waals surface area (Å²) in [5, 5.41) is 3.37. The first-order chi connectivity index (χ1) is 11.8. The van der Waals surface area contributed by atoms with Crippen LogP contribution in [0.3, 0.4) is 0 Å². The van der Waals surface area contributed by atoms with Gasteiger partial charge in [0.2, 0.25) is 0 Å². The minimum Gasteiger partial charge on any atom is -0.352 e. The maximum absolute atomic E-state index is 12.7. The number of nitrogens with one attached hydrogen (secondary N) is 1. The number of rotatable bonds is 5. The van der Waals surface area contributed by atoms with E-state index in [0.29, 0.717) is 4.90 Å². The van der Waals surface area contributed by atoms with Crippen LogP contribution in [-0.4, -0.2) is 61.7 Å². The standard InChI is InChI=1S/C18H29N3O2S2.HI/c1-5-15(13-25(22,23)16-9-7-6-8-10-16)20-17(19-4)21-11-12-24-18(2,3)14-21;/h6-10,15H,5,11-14H2,1-4H3,(H,19,20);1H. The van der Waals surface area contributed by atoms with Crippen LogP contribution < -0.4 is 5.32 Å². The molecule has 0 saturated carbocycles. The largest absolute Gasteiger partial charge is 0.352 e. The second-order valence-electron chi connectivity index (χ2n) is 6.92. The second-order valence-corrected chi connectivity index (χ2v) is 10.8. The number of thioether (sulfide) groups is 1. The molecule has 1 fully saturated rings. The Bertz CT molecular complexity index is 694. The number of benzene rings is 1. The van der Waals surface area contributed by atoms with E-state index < -0.39 is 9.84 Å². The summed E-state index contributed by atoms with van der Waals surface area (Å²) in [4.78, 5) is 7.00. The van der Waals surface area contributed by atoms with Crippen molar-refractivity contribution in [3.05, 3.63) is 30.3 Å². The molecule has 1 atom stereocenters.